The minimum absolute atomic E-state index is 0.329. The van der Waals surface area contributed by atoms with E-state index >= 15 is 0 Å². The van der Waals surface area contributed by atoms with E-state index in [4.69, 9.17) is 25.8 Å². The van der Waals surface area contributed by atoms with E-state index in [1.165, 1.54) is 0 Å². The van der Waals surface area contributed by atoms with E-state index in [1.54, 1.807) is 32.4 Å². The van der Waals surface area contributed by atoms with Crippen LogP contribution in [0.4, 0.5) is 10.5 Å². The lowest BCUT2D eigenvalue weighted by Crippen LogP contribution is -2.32. The fourth-order valence-electron chi connectivity index (χ4n) is 2.41. The molecule has 0 saturated carbocycles. The molecule has 2 rings (SSSR count). The number of amides is 2. The molecule has 2 N–H and O–H groups in total. The summed E-state index contributed by atoms with van der Waals surface area (Å²) in [5, 5.41) is 6.21. The average molecular weight is 379 g/mol. The summed E-state index contributed by atoms with van der Waals surface area (Å²) < 4.78 is 16.0. The first-order chi connectivity index (χ1) is 12.4. The minimum atomic E-state index is -0.329. The monoisotopic (exact) mass is 378 g/mol. The maximum atomic E-state index is 12.0. The summed E-state index contributed by atoms with van der Waals surface area (Å²) in [6.45, 7) is 4.56. The average Bonchev–Trinajstić information content (AvgIpc) is 2.63. The summed E-state index contributed by atoms with van der Waals surface area (Å²) in [7, 11) is 3.10. The number of rotatable bonds is 7. The number of carbonyl (C=O) groups is 1. The Morgan fingerprint density at radius 3 is 2.31 bits per heavy atom. The first-order valence-corrected chi connectivity index (χ1v) is 8.48. The number of urea groups is 1. The Bertz CT molecular complexity index is 757. The van der Waals surface area contributed by atoms with Crippen molar-refractivity contribution >= 4 is 23.3 Å². The first-order valence-electron chi connectivity index (χ1n) is 8.11. The lowest BCUT2D eigenvalue weighted by Gasteiger charge is -2.12. The van der Waals surface area contributed by atoms with Crippen LogP contribution in [0.2, 0.25) is 5.02 Å². The highest BCUT2D eigenvalue weighted by molar-refractivity contribution is 6.32. The summed E-state index contributed by atoms with van der Waals surface area (Å²) in [5.41, 5.74) is 2.52. The third kappa shape index (κ3) is 5.20. The second-order valence-electron chi connectivity index (χ2n) is 5.67. The number of halogens is 1. The van der Waals surface area contributed by atoms with Gasteiger partial charge < -0.3 is 24.8 Å². The molecule has 0 unspecified atom stereocenters. The van der Waals surface area contributed by atoms with Gasteiger partial charge in [-0.15, -0.1) is 0 Å². The van der Waals surface area contributed by atoms with Crippen LogP contribution in [0.15, 0.2) is 30.3 Å². The fraction of sp³-hybridized carbons (Fsp3) is 0.316. The number of ether oxygens (including phenoxy) is 3. The number of aryl methyl sites for hydroxylation is 2. The van der Waals surface area contributed by atoms with Gasteiger partial charge in [0.15, 0.2) is 11.5 Å². The lowest BCUT2D eigenvalue weighted by molar-refractivity contribution is 0.247. The number of benzene rings is 2. The van der Waals surface area contributed by atoms with Crippen molar-refractivity contribution in [2.75, 3.05) is 32.7 Å². The molecule has 0 aliphatic carbocycles. The van der Waals surface area contributed by atoms with Crippen molar-refractivity contribution in [3.63, 3.8) is 0 Å². The molecule has 0 saturated heterocycles. The van der Waals surface area contributed by atoms with E-state index < -0.39 is 0 Å². The molecule has 2 amide bonds. The largest absolute Gasteiger partial charge is 0.493 e. The van der Waals surface area contributed by atoms with Crippen molar-refractivity contribution in [2.45, 2.75) is 13.8 Å². The van der Waals surface area contributed by atoms with Gasteiger partial charge in [0.2, 0.25) is 0 Å². The molecular formula is C19H23ClN2O4. The molecule has 0 atom stereocenters. The predicted molar refractivity (Wildman–Crippen MR) is 103 cm³/mol. The maximum Gasteiger partial charge on any atom is 0.319 e. The summed E-state index contributed by atoms with van der Waals surface area (Å²) in [4.78, 5) is 12.0. The Morgan fingerprint density at radius 1 is 1.04 bits per heavy atom. The SMILES string of the molecule is COc1ccc(NC(=O)NCCOc2cc(C)c(Cl)c(C)c2)cc1OC. The highest BCUT2D eigenvalue weighted by Crippen LogP contribution is 2.29. The second kappa shape index (κ2) is 9.20. The van der Waals surface area contributed by atoms with Gasteiger partial charge in [-0.2, -0.15) is 0 Å². The van der Waals surface area contributed by atoms with Crippen LogP contribution in [0.1, 0.15) is 11.1 Å². The van der Waals surface area contributed by atoms with Crippen molar-refractivity contribution in [1.82, 2.24) is 5.32 Å². The summed E-state index contributed by atoms with van der Waals surface area (Å²) >= 11 is 6.13. The zero-order valence-electron chi connectivity index (χ0n) is 15.3. The molecule has 140 valence electrons. The molecular weight excluding hydrogens is 356 g/mol. The smallest absolute Gasteiger partial charge is 0.319 e. The first kappa shape index (κ1) is 19.7. The molecule has 2 aromatic carbocycles. The van der Waals surface area contributed by atoms with Gasteiger partial charge in [-0.1, -0.05) is 11.6 Å². The Labute approximate surface area is 158 Å². The van der Waals surface area contributed by atoms with Gasteiger partial charge in [-0.05, 0) is 49.2 Å². The van der Waals surface area contributed by atoms with Gasteiger partial charge in [-0.25, -0.2) is 4.79 Å². The highest BCUT2D eigenvalue weighted by atomic mass is 35.5. The second-order valence-corrected chi connectivity index (χ2v) is 6.05. The Morgan fingerprint density at radius 2 is 1.69 bits per heavy atom. The van der Waals surface area contributed by atoms with E-state index in [-0.39, 0.29) is 6.03 Å². The number of hydrogen-bond donors (Lipinski definition) is 2. The van der Waals surface area contributed by atoms with Crippen molar-refractivity contribution in [3.05, 3.63) is 46.5 Å². The van der Waals surface area contributed by atoms with Crippen LogP contribution in [0.3, 0.4) is 0 Å². The molecule has 26 heavy (non-hydrogen) atoms. The third-order valence-electron chi connectivity index (χ3n) is 3.71. The van der Waals surface area contributed by atoms with Crippen LogP contribution in [0, 0.1) is 13.8 Å². The van der Waals surface area contributed by atoms with Crippen LogP contribution >= 0.6 is 11.6 Å². The topological polar surface area (TPSA) is 68.8 Å². The van der Waals surface area contributed by atoms with Crippen LogP contribution in [0.25, 0.3) is 0 Å². The van der Waals surface area contributed by atoms with Crippen molar-refractivity contribution in [2.24, 2.45) is 0 Å². The standard InChI is InChI=1S/C19H23ClN2O4/c1-12-9-15(10-13(2)18(12)20)26-8-7-21-19(23)22-14-5-6-16(24-3)17(11-14)25-4/h5-6,9-11H,7-8H2,1-4H3,(H2,21,22,23). The van der Waals surface area contributed by atoms with Crippen molar-refractivity contribution in [3.8, 4) is 17.2 Å². The summed E-state index contributed by atoms with van der Waals surface area (Å²) in [6.07, 6.45) is 0. The number of nitrogens with one attached hydrogen (secondary N) is 2. The molecule has 0 aromatic heterocycles. The predicted octanol–water partition coefficient (Wildman–Crippen LogP) is 4.17. The number of carbonyl (C=O) groups excluding carboxylic acids is 1. The molecule has 0 aliphatic rings. The normalized spacial score (nSPS) is 10.2. The Kier molecular flexibility index (Phi) is 6.97. The molecule has 0 fully saturated rings. The number of methoxy groups -OCH3 is 2. The molecule has 0 spiro atoms. The van der Waals surface area contributed by atoms with E-state index in [9.17, 15) is 4.79 Å². The minimum Gasteiger partial charge on any atom is -0.493 e. The van der Waals surface area contributed by atoms with Crippen LogP contribution in [0.5, 0.6) is 17.2 Å². The van der Waals surface area contributed by atoms with Crippen LogP contribution in [-0.4, -0.2) is 33.4 Å². The van der Waals surface area contributed by atoms with Gasteiger partial charge in [0, 0.05) is 16.8 Å². The molecule has 2 aromatic rings. The van der Waals surface area contributed by atoms with E-state index in [1.807, 2.05) is 26.0 Å². The van der Waals surface area contributed by atoms with E-state index in [2.05, 4.69) is 10.6 Å². The van der Waals surface area contributed by atoms with E-state index in [0.717, 1.165) is 21.9 Å². The molecule has 0 heterocycles. The van der Waals surface area contributed by atoms with Crippen molar-refractivity contribution in [1.29, 1.82) is 0 Å². The molecule has 6 nitrogen and oxygen atoms in total. The maximum absolute atomic E-state index is 12.0. The highest BCUT2D eigenvalue weighted by Gasteiger charge is 2.07. The zero-order valence-corrected chi connectivity index (χ0v) is 16.1. The van der Waals surface area contributed by atoms with Crippen LogP contribution in [-0.2, 0) is 0 Å². The van der Waals surface area contributed by atoms with Crippen molar-refractivity contribution < 1.29 is 19.0 Å². The number of anilines is 1. The van der Waals surface area contributed by atoms with Gasteiger partial charge in [0.25, 0.3) is 0 Å². The third-order valence-corrected chi connectivity index (χ3v) is 4.30. The summed E-state index contributed by atoms with van der Waals surface area (Å²) in [5.74, 6) is 1.87. The Balaban J connectivity index is 1.80. The van der Waals surface area contributed by atoms with Gasteiger partial charge in [-0.3, -0.25) is 0 Å². The quantitative estimate of drug-likeness (QED) is 0.709. The van der Waals surface area contributed by atoms with Gasteiger partial charge >= 0.3 is 6.03 Å². The molecule has 7 heteroatoms. The molecule has 0 aliphatic heterocycles. The van der Waals surface area contributed by atoms with E-state index in [0.29, 0.717) is 30.3 Å². The van der Waals surface area contributed by atoms with Gasteiger partial charge in [0.1, 0.15) is 12.4 Å². The Hall–Kier alpha value is -2.60. The fourth-order valence-corrected chi connectivity index (χ4v) is 2.52. The zero-order chi connectivity index (χ0) is 19.1. The lowest BCUT2D eigenvalue weighted by atomic mass is 10.1. The van der Waals surface area contributed by atoms with Crippen LogP contribution < -0.4 is 24.8 Å². The molecule has 0 bridgehead atoms. The van der Waals surface area contributed by atoms with Gasteiger partial charge in [0.05, 0.1) is 20.8 Å². The number of hydrogen-bond acceptors (Lipinski definition) is 4. The molecule has 0 radical (unpaired) electrons. The summed E-state index contributed by atoms with van der Waals surface area (Å²) in [6, 6.07) is 8.57.